The Balaban J connectivity index is 2.38. The van der Waals surface area contributed by atoms with E-state index in [4.69, 9.17) is 0 Å². The molecule has 1 heterocycles. The molecule has 1 aromatic carbocycles. The van der Waals surface area contributed by atoms with Crippen molar-refractivity contribution in [1.82, 2.24) is 5.32 Å². The van der Waals surface area contributed by atoms with E-state index in [0.717, 1.165) is 37.2 Å². The Morgan fingerprint density at radius 2 is 2.19 bits per heavy atom. The Morgan fingerprint density at radius 3 is 2.81 bits per heavy atom. The number of hydrogen-bond acceptors (Lipinski definition) is 3. The maximum Gasteiger partial charge on any atom is 0.126 e. The summed E-state index contributed by atoms with van der Waals surface area (Å²) in [6.45, 7) is 10.1. The van der Waals surface area contributed by atoms with Gasteiger partial charge in [0.1, 0.15) is 5.82 Å². The molecule has 1 saturated heterocycles. The van der Waals surface area contributed by atoms with Gasteiger partial charge in [-0.1, -0.05) is 6.92 Å². The minimum Gasteiger partial charge on any atom is -0.388 e. The van der Waals surface area contributed by atoms with E-state index in [9.17, 15) is 9.50 Å². The largest absolute Gasteiger partial charge is 0.388 e. The fourth-order valence-corrected chi connectivity index (χ4v) is 3.14. The lowest BCUT2D eigenvalue weighted by Gasteiger charge is -2.40. The highest BCUT2D eigenvalue weighted by atomic mass is 19.1. The average Bonchev–Trinajstić information content (AvgIpc) is 2.40. The second-order valence-corrected chi connectivity index (χ2v) is 6.46. The molecule has 2 N–H and O–H groups in total. The van der Waals surface area contributed by atoms with Gasteiger partial charge in [0, 0.05) is 24.8 Å². The monoisotopic (exact) mass is 294 g/mol. The lowest BCUT2D eigenvalue weighted by Crippen LogP contribution is -2.46. The summed E-state index contributed by atoms with van der Waals surface area (Å²) in [5.41, 5.74) is 2.00. The predicted octanol–water partition coefficient (Wildman–Crippen LogP) is 3.16. The van der Waals surface area contributed by atoms with Gasteiger partial charge in [0.15, 0.2) is 0 Å². The van der Waals surface area contributed by atoms with Crippen LogP contribution in [0.1, 0.15) is 50.8 Å². The van der Waals surface area contributed by atoms with Crippen molar-refractivity contribution in [3.63, 3.8) is 0 Å². The number of nitrogens with one attached hydrogen (secondary N) is 1. The molecule has 2 atom stereocenters. The zero-order valence-electron chi connectivity index (χ0n) is 13.5. The molecular formula is C17H27FN2O. The molecular weight excluding hydrogens is 267 g/mol. The third-order valence-electron chi connectivity index (χ3n) is 4.30. The molecule has 4 heteroatoms. The fraction of sp³-hybridized carbons (Fsp3) is 0.647. The van der Waals surface area contributed by atoms with Crippen LogP contribution in [0.2, 0.25) is 0 Å². The van der Waals surface area contributed by atoms with Crippen LogP contribution >= 0.6 is 0 Å². The van der Waals surface area contributed by atoms with Crippen molar-refractivity contribution in [1.29, 1.82) is 0 Å². The van der Waals surface area contributed by atoms with E-state index in [1.54, 1.807) is 13.0 Å². The maximum absolute atomic E-state index is 14.0. The van der Waals surface area contributed by atoms with Crippen LogP contribution in [0.25, 0.3) is 0 Å². The summed E-state index contributed by atoms with van der Waals surface area (Å²) in [6.07, 6.45) is 1.78. The number of hydrogen-bond donors (Lipinski definition) is 2. The van der Waals surface area contributed by atoms with Crippen molar-refractivity contribution in [2.45, 2.75) is 52.2 Å². The molecule has 1 aromatic rings. The molecule has 0 saturated carbocycles. The van der Waals surface area contributed by atoms with Crippen LogP contribution in [0.5, 0.6) is 0 Å². The van der Waals surface area contributed by atoms with E-state index in [-0.39, 0.29) is 11.9 Å². The highest BCUT2D eigenvalue weighted by Crippen LogP contribution is 2.33. The molecule has 0 bridgehead atoms. The van der Waals surface area contributed by atoms with Crippen LogP contribution in [0.3, 0.4) is 0 Å². The minimum absolute atomic E-state index is 0.0898. The lowest BCUT2D eigenvalue weighted by molar-refractivity contribution is 0.0448. The standard InChI is InChI=1S/C17H27FN2O/c1-5-19-13(3)14-10-15(18)12(2)9-16(14)20-8-6-7-17(4,21)11-20/h9-10,13,19,21H,5-8,11H2,1-4H3. The molecule has 21 heavy (non-hydrogen) atoms. The number of rotatable bonds is 4. The molecule has 1 aliphatic heterocycles. The van der Waals surface area contributed by atoms with Gasteiger partial charge < -0.3 is 15.3 Å². The second kappa shape index (κ2) is 6.32. The van der Waals surface area contributed by atoms with Crippen LogP contribution in [-0.2, 0) is 0 Å². The van der Waals surface area contributed by atoms with Gasteiger partial charge in [-0.25, -0.2) is 4.39 Å². The quantitative estimate of drug-likeness (QED) is 0.895. The van der Waals surface area contributed by atoms with Gasteiger partial charge in [-0.2, -0.15) is 0 Å². The third kappa shape index (κ3) is 3.74. The van der Waals surface area contributed by atoms with Crippen molar-refractivity contribution in [2.24, 2.45) is 0 Å². The first-order valence-corrected chi connectivity index (χ1v) is 7.85. The number of β-amino-alcohol motifs (C(OH)–C–C–N with tert-alkyl or cyclic N) is 1. The Kier molecular flexibility index (Phi) is 4.89. The average molecular weight is 294 g/mol. The summed E-state index contributed by atoms with van der Waals surface area (Å²) < 4.78 is 14.0. The van der Waals surface area contributed by atoms with E-state index in [0.29, 0.717) is 12.1 Å². The van der Waals surface area contributed by atoms with Crippen molar-refractivity contribution in [3.05, 3.63) is 29.1 Å². The Hall–Kier alpha value is -1.13. The van der Waals surface area contributed by atoms with E-state index < -0.39 is 5.60 Å². The summed E-state index contributed by atoms with van der Waals surface area (Å²) in [5.74, 6) is -0.165. The summed E-state index contributed by atoms with van der Waals surface area (Å²) in [7, 11) is 0. The van der Waals surface area contributed by atoms with Gasteiger partial charge in [-0.3, -0.25) is 0 Å². The molecule has 0 amide bonds. The van der Waals surface area contributed by atoms with E-state index in [2.05, 4.69) is 17.1 Å². The first kappa shape index (κ1) is 16.2. The zero-order chi connectivity index (χ0) is 15.6. The van der Waals surface area contributed by atoms with Gasteiger partial charge >= 0.3 is 0 Å². The normalized spacial score (nSPS) is 24.2. The van der Waals surface area contributed by atoms with Crippen molar-refractivity contribution < 1.29 is 9.50 Å². The highest BCUT2D eigenvalue weighted by Gasteiger charge is 2.30. The van der Waals surface area contributed by atoms with Crippen molar-refractivity contribution >= 4 is 5.69 Å². The Bertz CT molecular complexity index is 502. The summed E-state index contributed by atoms with van der Waals surface area (Å²) in [6, 6.07) is 3.65. The predicted molar refractivity (Wildman–Crippen MR) is 85.3 cm³/mol. The lowest BCUT2D eigenvalue weighted by atomic mass is 9.93. The molecule has 2 unspecified atom stereocenters. The van der Waals surface area contributed by atoms with Gasteiger partial charge in [-0.05, 0) is 63.4 Å². The third-order valence-corrected chi connectivity index (χ3v) is 4.30. The summed E-state index contributed by atoms with van der Waals surface area (Å²) in [5, 5.41) is 13.7. The van der Waals surface area contributed by atoms with Gasteiger partial charge in [-0.15, -0.1) is 0 Å². The first-order chi connectivity index (χ1) is 9.84. The molecule has 0 aromatic heterocycles. The molecule has 1 aliphatic rings. The fourth-order valence-electron chi connectivity index (χ4n) is 3.14. The second-order valence-electron chi connectivity index (χ2n) is 6.46. The molecule has 0 spiro atoms. The Labute approximate surface area is 127 Å². The smallest absolute Gasteiger partial charge is 0.126 e. The summed E-state index contributed by atoms with van der Waals surface area (Å²) in [4.78, 5) is 2.19. The number of benzene rings is 1. The van der Waals surface area contributed by atoms with Crippen LogP contribution < -0.4 is 10.2 Å². The molecule has 3 nitrogen and oxygen atoms in total. The SMILES string of the molecule is CCNC(C)c1cc(F)c(C)cc1N1CCCC(C)(O)C1. The molecule has 0 aliphatic carbocycles. The summed E-state index contributed by atoms with van der Waals surface area (Å²) >= 11 is 0. The van der Waals surface area contributed by atoms with E-state index in [1.165, 1.54) is 0 Å². The van der Waals surface area contributed by atoms with Gasteiger partial charge in [0.2, 0.25) is 0 Å². The van der Waals surface area contributed by atoms with Crippen LogP contribution in [0.4, 0.5) is 10.1 Å². The Morgan fingerprint density at radius 1 is 1.48 bits per heavy atom. The maximum atomic E-state index is 14.0. The highest BCUT2D eigenvalue weighted by molar-refractivity contribution is 5.57. The van der Waals surface area contributed by atoms with Crippen LogP contribution in [0, 0.1) is 12.7 Å². The zero-order valence-corrected chi connectivity index (χ0v) is 13.5. The number of aliphatic hydroxyl groups is 1. The van der Waals surface area contributed by atoms with E-state index >= 15 is 0 Å². The minimum atomic E-state index is -0.667. The molecule has 1 fully saturated rings. The van der Waals surface area contributed by atoms with Crippen LogP contribution in [0.15, 0.2) is 12.1 Å². The number of aryl methyl sites for hydroxylation is 1. The first-order valence-electron chi connectivity index (χ1n) is 7.85. The topological polar surface area (TPSA) is 35.5 Å². The molecule has 118 valence electrons. The number of nitrogens with zero attached hydrogens (tertiary/aromatic N) is 1. The molecule has 0 radical (unpaired) electrons. The van der Waals surface area contributed by atoms with Crippen molar-refractivity contribution in [3.8, 4) is 0 Å². The number of piperidine rings is 1. The number of halogens is 1. The van der Waals surface area contributed by atoms with Crippen LogP contribution in [-0.4, -0.2) is 30.3 Å². The van der Waals surface area contributed by atoms with Gasteiger partial charge in [0.05, 0.1) is 5.60 Å². The van der Waals surface area contributed by atoms with E-state index in [1.807, 2.05) is 19.9 Å². The number of anilines is 1. The van der Waals surface area contributed by atoms with Crippen molar-refractivity contribution in [2.75, 3.05) is 24.5 Å². The molecule has 2 rings (SSSR count). The van der Waals surface area contributed by atoms with Gasteiger partial charge in [0.25, 0.3) is 0 Å².